The van der Waals surface area contributed by atoms with E-state index in [0.29, 0.717) is 11.4 Å². The lowest BCUT2D eigenvalue weighted by Crippen LogP contribution is -2.15. The molecule has 0 unspecified atom stereocenters. The van der Waals surface area contributed by atoms with Crippen LogP contribution in [0.25, 0.3) is 0 Å². The zero-order valence-electron chi connectivity index (χ0n) is 10.5. The Morgan fingerprint density at radius 3 is 2.84 bits per heavy atom. The van der Waals surface area contributed by atoms with E-state index in [1.807, 2.05) is 0 Å². The van der Waals surface area contributed by atoms with Crippen molar-refractivity contribution in [2.45, 2.75) is 0 Å². The van der Waals surface area contributed by atoms with Gasteiger partial charge in [-0.15, -0.1) is 6.58 Å². The number of methoxy groups -OCH3 is 1. The molecule has 0 aromatic heterocycles. The quantitative estimate of drug-likeness (QED) is 0.600. The molecular formula is C12H15NO5S. The summed E-state index contributed by atoms with van der Waals surface area (Å²) >= 11 is 0. The van der Waals surface area contributed by atoms with Gasteiger partial charge in [-0.3, -0.25) is 4.72 Å². The molecule has 104 valence electrons. The lowest BCUT2D eigenvalue weighted by molar-refractivity contribution is -0.142. The molecule has 0 aliphatic carbocycles. The second-order valence-corrected chi connectivity index (χ2v) is 5.33. The SMILES string of the molecule is C=CCS(=O)(=O)Nc1cccc(OCC(=O)OC)c1. The maximum Gasteiger partial charge on any atom is 0.343 e. The Morgan fingerprint density at radius 1 is 1.47 bits per heavy atom. The molecule has 0 spiro atoms. The summed E-state index contributed by atoms with van der Waals surface area (Å²) in [5.74, 6) is -0.331. The van der Waals surface area contributed by atoms with Gasteiger partial charge in [0.15, 0.2) is 6.61 Å². The van der Waals surface area contributed by atoms with E-state index < -0.39 is 16.0 Å². The lowest BCUT2D eigenvalue weighted by atomic mass is 10.3. The molecule has 0 saturated heterocycles. The van der Waals surface area contributed by atoms with Crippen LogP contribution in [0.3, 0.4) is 0 Å². The molecule has 0 amide bonds. The highest BCUT2D eigenvalue weighted by molar-refractivity contribution is 7.92. The highest BCUT2D eigenvalue weighted by atomic mass is 32.2. The molecule has 0 heterocycles. The van der Waals surface area contributed by atoms with Crippen LogP contribution in [-0.4, -0.2) is 33.9 Å². The fourth-order valence-electron chi connectivity index (χ4n) is 1.23. The first kappa shape index (κ1) is 15.0. The second-order valence-electron chi connectivity index (χ2n) is 3.56. The summed E-state index contributed by atoms with van der Waals surface area (Å²) in [7, 11) is -2.20. The fourth-order valence-corrected chi connectivity index (χ4v) is 2.11. The number of carbonyl (C=O) groups excluding carboxylic acids is 1. The Labute approximate surface area is 112 Å². The third-order valence-electron chi connectivity index (χ3n) is 2.03. The van der Waals surface area contributed by atoms with Gasteiger partial charge in [0.05, 0.1) is 18.6 Å². The average molecular weight is 285 g/mol. The fraction of sp³-hybridized carbons (Fsp3) is 0.250. The third-order valence-corrected chi connectivity index (χ3v) is 3.25. The molecule has 0 bridgehead atoms. The summed E-state index contributed by atoms with van der Waals surface area (Å²) < 4.78 is 35.0. The Hall–Kier alpha value is -2.02. The van der Waals surface area contributed by atoms with Crippen LogP contribution in [-0.2, 0) is 19.6 Å². The molecule has 7 heteroatoms. The minimum atomic E-state index is -3.45. The zero-order valence-corrected chi connectivity index (χ0v) is 11.3. The largest absolute Gasteiger partial charge is 0.482 e. The summed E-state index contributed by atoms with van der Waals surface area (Å²) in [6, 6.07) is 6.27. The minimum absolute atomic E-state index is 0.180. The molecule has 1 aromatic carbocycles. The van der Waals surface area contributed by atoms with E-state index in [9.17, 15) is 13.2 Å². The molecule has 0 aliphatic rings. The van der Waals surface area contributed by atoms with Crippen LogP contribution < -0.4 is 9.46 Å². The summed E-state index contributed by atoms with van der Waals surface area (Å²) in [6.45, 7) is 3.13. The highest BCUT2D eigenvalue weighted by Crippen LogP contribution is 2.18. The first-order valence-electron chi connectivity index (χ1n) is 5.38. The molecule has 0 fully saturated rings. The van der Waals surface area contributed by atoms with Crippen molar-refractivity contribution in [2.75, 3.05) is 24.2 Å². The first-order chi connectivity index (χ1) is 8.96. The summed E-state index contributed by atoms with van der Waals surface area (Å²) in [4.78, 5) is 10.9. The van der Waals surface area contributed by atoms with Crippen LogP contribution in [0.2, 0.25) is 0 Å². The Morgan fingerprint density at radius 2 is 2.21 bits per heavy atom. The van der Waals surface area contributed by atoms with Gasteiger partial charge in [0.2, 0.25) is 10.0 Å². The van der Waals surface area contributed by atoms with Crippen molar-refractivity contribution in [1.29, 1.82) is 0 Å². The molecule has 0 saturated carbocycles. The van der Waals surface area contributed by atoms with Crippen LogP contribution >= 0.6 is 0 Å². The van der Waals surface area contributed by atoms with Crippen LogP contribution in [0, 0.1) is 0 Å². The van der Waals surface area contributed by atoms with Crippen molar-refractivity contribution in [3.63, 3.8) is 0 Å². The molecule has 0 aliphatic heterocycles. The smallest absolute Gasteiger partial charge is 0.343 e. The predicted octanol–water partition coefficient (Wildman–Crippen LogP) is 1.17. The van der Waals surface area contributed by atoms with Gasteiger partial charge in [-0.25, -0.2) is 13.2 Å². The number of anilines is 1. The number of hydrogen-bond donors (Lipinski definition) is 1. The van der Waals surface area contributed by atoms with Crippen molar-refractivity contribution >= 4 is 21.7 Å². The zero-order chi connectivity index (χ0) is 14.3. The highest BCUT2D eigenvalue weighted by Gasteiger charge is 2.08. The van der Waals surface area contributed by atoms with E-state index in [-0.39, 0.29) is 12.4 Å². The van der Waals surface area contributed by atoms with Gasteiger partial charge < -0.3 is 9.47 Å². The molecule has 6 nitrogen and oxygen atoms in total. The lowest BCUT2D eigenvalue weighted by Gasteiger charge is -2.09. The summed E-state index contributed by atoms with van der Waals surface area (Å²) in [6.07, 6.45) is 1.29. The molecular weight excluding hydrogens is 270 g/mol. The normalized spacial score (nSPS) is 10.6. The number of benzene rings is 1. The molecule has 1 aromatic rings. The topological polar surface area (TPSA) is 81.7 Å². The van der Waals surface area contributed by atoms with Gasteiger partial charge in [0, 0.05) is 6.07 Å². The van der Waals surface area contributed by atoms with Crippen molar-refractivity contribution < 1.29 is 22.7 Å². The monoisotopic (exact) mass is 285 g/mol. The molecule has 0 radical (unpaired) electrons. The summed E-state index contributed by atoms with van der Waals surface area (Å²) in [5, 5.41) is 0. The van der Waals surface area contributed by atoms with Gasteiger partial charge in [-0.1, -0.05) is 12.1 Å². The van der Waals surface area contributed by atoms with Crippen LogP contribution in [0.1, 0.15) is 0 Å². The van der Waals surface area contributed by atoms with E-state index in [1.165, 1.54) is 19.3 Å². The van der Waals surface area contributed by atoms with E-state index in [1.54, 1.807) is 18.2 Å². The van der Waals surface area contributed by atoms with Gasteiger partial charge in [0.1, 0.15) is 5.75 Å². The van der Waals surface area contributed by atoms with Crippen LogP contribution in [0.4, 0.5) is 5.69 Å². The number of sulfonamides is 1. The standard InChI is InChI=1S/C12H15NO5S/c1-3-7-19(15,16)13-10-5-4-6-11(8-10)18-9-12(14)17-2/h3-6,8,13H,1,7,9H2,2H3. The van der Waals surface area contributed by atoms with Gasteiger partial charge in [-0.05, 0) is 12.1 Å². The van der Waals surface area contributed by atoms with Gasteiger partial charge >= 0.3 is 5.97 Å². The third kappa shape index (κ3) is 5.43. The van der Waals surface area contributed by atoms with E-state index in [2.05, 4.69) is 16.0 Å². The Balaban J connectivity index is 2.72. The Kier molecular flexibility index (Phi) is 5.37. The molecule has 19 heavy (non-hydrogen) atoms. The number of nitrogens with one attached hydrogen (secondary N) is 1. The predicted molar refractivity (Wildman–Crippen MR) is 71.6 cm³/mol. The molecule has 1 rings (SSSR count). The summed E-state index contributed by atoms with van der Waals surface area (Å²) in [5.41, 5.74) is 0.351. The second kappa shape index (κ2) is 6.79. The van der Waals surface area contributed by atoms with Gasteiger partial charge in [0.25, 0.3) is 0 Å². The Bertz CT molecular complexity index is 553. The van der Waals surface area contributed by atoms with E-state index in [4.69, 9.17) is 4.74 Å². The molecule has 0 atom stereocenters. The number of rotatable bonds is 7. The van der Waals surface area contributed by atoms with Crippen LogP contribution in [0.15, 0.2) is 36.9 Å². The maximum absolute atomic E-state index is 11.5. The van der Waals surface area contributed by atoms with Crippen LogP contribution in [0.5, 0.6) is 5.75 Å². The van der Waals surface area contributed by atoms with Gasteiger partial charge in [-0.2, -0.15) is 0 Å². The van der Waals surface area contributed by atoms with Crippen molar-refractivity contribution in [3.05, 3.63) is 36.9 Å². The number of ether oxygens (including phenoxy) is 2. The van der Waals surface area contributed by atoms with E-state index in [0.717, 1.165) is 0 Å². The van der Waals surface area contributed by atoms with Crippen molar-refractivity contribution in [2.24, 2.45) is 0 Å². The maximum atomic E-state index is 11.5. The molecule has 1 N–H and O–H groups in total. The first-order valence-corrected chi connectivity index (χ1v) is 7.03. The van der Waals surface area contributed by atoms with Crippen molar-refractivity contribution in [1.82, 2.24) is 0 Å². The number of carbonyl (C=O) groups is 1. The van der Waals surface area contributed by atoms with Crippen molar-refractivity contribution in [3.8, 4) is 5.75 Å². The minimum Gasteiger partial charge on any atom is -0.482 e. The van der Waals surface area contributed by atoms with E-state index >= 15 is 0 Å². The number of esters is 1. The average Bonchev–Trinajstić information content (AvgIpc) is 2.35. The number of hydrogen-bond acceptors (Lipinski definition) is 5.